The molecule has 0 aliphatic carbocycles. The summed E-state index contributed by atoms with van der Waals surface area (Å²) in [5.74, 6) is -0.553. The quantitative estimate of drug-likeness (QED) is 0.595. The molecule has 0 fully saturated rings. The minimum absolute atomic E-state index is 0.271. The molecular weight excluding hydrogens is 224 g/mol. The van der Waals surface area contributed by atoms with Crippen molar-refractivity contribution in [2.45, 2.75) is 20.0 Å². The van der Waals surface area contributed by atoms with E-state index < -0.39 is 18.9 Å². The van der Waals surface area contributed by atoms with Crippen molar-refractivity contribution in [2.75, 3.05) is 6.79 Å². The molecule has 1 rings (SSSR count). The number of esters is 1. The first-order valence-corrected chi connectivity index (χ1v) is 5.15. The third kappa shape index (κ3) is 5.01. The van der Waals surface area contributed by atoms with E-state index >= 15 is 0 Å². The second-order valence-corrected chi connectivity index (χ2v) is 3.48. The average Bonchev–Trinajstić information content (AvgIpc) is 2.29. The van der Waals surface area contributed by atoms with E-state index in [4.69, 9.17) is 4.74 Å². The van der Waals surface area contributed by atoms with Gasteiger partial charge < -0.3 is 14.2 Å². The van der Waals surface area contributed by atoms with Gasteiger partial charge in [0.25, 0.3) is 0 Å². The molecule has 1 aromatic carbocycles. The number of benzene rings is 1. The molecule has 92 valence electrons. The van der Waals surface area contributed by atoms with Crippen LogP contribution in [0.3, 0.4) is 0 Å². The number of carbonyl (C=O) groups excluding carboxylic acids is 2. The van der Waals surface area contributed by atoms with Crippen molar-refractivity contribution >= 4 is 12.1 Å². The highest BCUT2D eigenvalue weighted by Crippen LogP contribution is 2.01. The molecule has 5 heteroatoms. The topological polar surface area (TPSA) is 61.8 Å². The van der Waals surface area contributed by atoms with E-state index in [2.05, 4.69) is 9.47 Å². The van der Waals surface area contributed by atoms with E-state index in [1.165, 1.54) is 0 Å². The third-order valence-corrected chi connectivity index (χ3v) is 1.71. The van der Waals surface area contributed by atoms with Crippen LogP contribution in [0.2, 0.25) is 0 Å². The van der Waals surface area contributed by atoms with Crippen molar-refractivity contribution < 1.29 is 23.8 Å². The van der Waals surface area contributed by atoms with E-state index in [0.29, 0.717) is 5.56 Å². The summed E-state index contributed by atoms with van der Waals surface area (Å²) in [4.78, 5) is 22.3. The van der Waals surface area contributed by atoms with Gasteiger partial charge in [0.2, 0.25) is 6.79 Å². The zero-order valence-corrected chi connectivity index (χ0v) is 9.71. The molecule has 0 N–H and O–H groups in total. The maximum absolute atomic E-state index is 11.4. The van der Waals surface area contributed by atoms with Crippen LogP contribution >= 0.6 is 0 Å². The van der Waals surface area contributed by atoms with Gasteiger partial charge in [-0.2, -0.15) is 0 Å². The van der Waals surface area contributed by atoms with Gasteiger partial charge in [-0.3, -0.25) is 0 Å². The van der Waals surface area contributed by atoms with Gasteiger partial charge in [0.15, 0.2) is 0 Å². The van der Waals surface area contributed by atoms with Crippen molar-refractivity contribution in [1.82, 2.24) is 0 Å². The van der Waals surface area contributed by atoms with Crippen molar-refractivity contribution in [3.05, 3.63) is 35.9 Å². The van der Waals surface area contributed by atoms with Crippen molar-refractivity contribution in [3.63, 3.8) is 0 Å². The van der Waals surface area contributed by atoms with Crippen LogP contribution in [0, 0.1) is 0 Å². The molecule has 0 aliphatic heterocycles. The van der Waals surface area contributed by atoms with Crippen LogP contribution in [-0.2, 0) is 14.2 Å². The maximum Gasteiger partial charge on any atom is 0.511 e. The minimum atomic E-state index is -0.860. The lowest BCUT2D eigenvalue weighted by molar-refractivity contribution is -0.0344. The molecular formula is C12H14O5. The first-order valence-electron chi connectivity index (χ1n) is 5.15. The first-order chi connectivity index (χ1) is 8.09. The number of carbonyl (C=O) groups is 2. The van der Waals surface area contributed by atoms with E-state index in [-0.39, 0.29) is 6.10 Å². The van der Waals surface area contributed by atoms with Crippen molar-refractivity contribution in [2.24, 2.45) is 0 Å². The Labute approximate surface area is 99.3 Å². The predicted molar refractivity (Wildman–Crippen MR) is 59.4 cm³/mol. The Morgan fingerprint density at radius 3 is 2.35 bits per heavy atom. The molecule has 0 heterocycles. The Morgan fingerprint density at radius 1 is 1.12 bits per heavy atom. The molecule has 0 unspecified atom stereocenters. The molecule has 0 saturated carbocycles. The predicted octanol–water partition coefficient (Wildman–Crippen LogP) is 2.36. The normalized spacial score (nSPS) is 9.82. The van der Waals surface area contributed by atoms with Crippen LogP contribution in [0.5, 0.6) is 0 Å². The van der Waals surface area contributed by atoms with Gasteiger partial charge in [0.1, 0.15) is 0 Å². The highest BCUT2D eigenvalue weighted by atomic mass is 16.8. The SMILES string of the molecule is CC(C)OC(=O)OCOC(=O)c1ccccc1. The van der Waals surface area contributed by atoms with Gasteiger partial charge >= 0.3 is 12.1 Å². The lowest BCUT2D eigenvalue weighted by Crippen LogP contribution is -2.16. The molecule has 17 heavy (non-hydrogen) atoms. The fourth-order valence-electron chi connectivity index (χ4n) is 1.02. The van der Waals surface area contributed by atoms with Crippen LogP contribution in [0.1, 0.15) is 24.2 Å². The highest BCUT2D eigenvalue weighted by molar-refractivity contribution is 5.89. The molecule has 0 saturated heterocycles. The van der Waals surface area contributed by atoms with Gasteiger partial charge in [-0.25, -0.2) is 9.59 Å². The standard InChI is InChI=1S/C12H14O5/c1-9(2)17-12(14)16-8-15-11(13)10-6-4-3-5-7-10/h3-7,9H,8H2,1-2H3. The molecule has 0 amide bonds. The summed E-state index contributed by atoms with van der Waals surface area (Å²) in [5.41, 5.74) is 0.397. The lowest BCUT2D eigenvalue weighted by Gasteiger charge is -2.08. The van der Waals surface area contributed by atoms with Gasteiger partial charge in [-0.05, 0) is 26.0 Å². The highest BCUT2D eigenvalue weighted by Gasteiger charge is 2.09. The maximum atomic E-state index is 11.4. The molecule has 0 atom stereocenters. The van der Waals surface area contributed by atoms with Crippen molar-refractivity contribution in [3.8, 4) is 0 Å². The zero-order valence-electron chi connectivity index (χ0n) is 9.71. The summed E-state index contributed by atoms with van der Waals surface area (Å²) in [7, 11) is 0. The van der Waals surface area contributed by atoms with Crippen LogP contribution in [0.25, 0.3) is 0 Å². The Bertz CT molecular complexity index is 372. The number of hydrogen-bond donors (Lipinski definition) is 0. The summed E-state index contributed by atoms with van der Waals surface area (Å²) in [5, 5.41) is 0. The van der Waals surface area contributed by atoms with E-state index in [1.807, 2.05) is 0 Å². The van der Waals surface area contributed by atoms with Crippen LogP contribution in [-0.4, -0.2) is 25.0 Å². The summed E-state index contributed by atoms with van der Waals surface area (Å²) in [6.07, 6.45) is -1.13. The van der Waals surface area contributed by atoms with Gasteiger partial charge in [-0.1, -0.05) is 18.2 Å². The summed E-state index contributed by atoms with van der Waals surface area (Å²) >= 11 is 0. The Morgan fingerprint density at radius 2 is 1.76 bits per heavy atom. The van der Waals surface area contributed by atoms with E-state index in [1.54, 1.807) is 44.2 Å². The van der Waals surface area contributed by atoms with Crippen molar-refractivity contribution in [1.29, 1.82) is 0 Å². The zero-order chi connectivity index (χ0) is 12.7. The largest absolute Gasteiger partial charge is 0.511 e. The third-order valence-electron chi connectivity index (χ3n) is 1.71. The van der Waals surface area contributed by atoms with Crippen LogP contribution in [0.4, 0.5) is 4.79 Å². The second kappa shape index (κ2) is 6.52. The van der Waals surface area contributed by atoms with Crippen LogP contribution in [0.15, 0.2) is 30.3 Å². The molecule has 0 spiro atoms. The fourth-order valence-corrected chi connectivity index (χ4v) is 1.02. The first kappa shape index (κ1) is 13.0. The Balaban J connectivity index is 2.28. The number of hydrogen-bond acceptors (Lipinski definition) is 5. The molecule has 0 aromatic heterocycles. The number of rotatable bonds is 4. The lowest BCUT2D eigenvalue weighted by atomic mass is 10.2. The monoisotopic (exact) mass is 238 g/mol. The van der Waals surface area contributed by atoms with Crippen LogP contribution < -0.4 is 0 Å². The number of ether oxygens (including phenoxy) is 3. The Hall–Kier alpha value is -2.04. The molecule has 0 radical (unpaired) electrons. The summed E-state index contributed by atoms with van der Waals surface area (Å²) in [6.45, 7) is 2.92. The summed E-state index contributed by atoms with van der Waals surface area (Å²) in [6, 6.07) is 8.42. The average molecular weight is 238 g/mol. The van der Waals surface area contributed by atoms with E-state index in [0.717, 1.165) is 0 Å². The minimum Gasteiger partial charge on any atom is -0.431 e. The Kier molecular flexibility index (Phi) is 5.00. The van der Waals surface area contributed by atoms with Gasteiger partial charge in [0.05, 0.1) is 11.7 Å². The molecule has 0 bridgehead atoms. The van der Waals surface area contributed by atoms with E-state index in [9.17, 15) is 9.59 Å². The molecule has 1 aromatic rings. The summed E-state index contributed by atoms with van der Waals surface area (Å²) < 4.78 is 13.9. The smallest absolute Gasteiger partial charge is 0.431 e. The fraction of sp³-hybridized carbons (Fsp3) is 0.333. The second-order valence-electron chi connectivity index (χ2n) is 3.48. The molecule has 5 nitrogen and oxygen atoms in total. The molecule has 0 aliphatic rings. The van der Waals surface area contributed by atoms with Gasteiger partial charge in [-0.15, -0.1) is 0 Å². The van der Waals surface area contributed by atoms with Gasteiger partial charge in [0, 0.05) is 0 Å².